The zero-order valence-corrected chi connectivity index (χ0v) is 15.6. The Morgan fingerprint density at radius 2 is 1.68 bits per heavy atom. The average Bonchev–Trinajstić information content (AvgIpc) is 3.18. The minimum absolute atomic E-state index is 0.223. The van der Waals surface area contributed by atoms with Crippen LogP contribution in [0.2, 0.25) is 0 Å². The molecule has 0 saturated carbocycles. The van der Waals surface area contributed by atoms with Crippen LogP contribution in [0.1, 0.15) is 15.2 Å². The summed E-state index contributed by atoms with van der Waals surface area (Å²) in [7, 11) is 3.34. The highest BCUT2D eigenvalue weighted by Gasteiger charge is 2.20. The SMILES string of the molecule is COc1cc(CN2CCN(CC(=O)c3cccs3)CC2)cc(OC)c1. The van der Waals surface area contributed by atoms with E-state index in [0.29, 0.717) is 6.54 Å². The molecule has 0 aliphatic carbocycles. The zero-order valence-electron chi connectivity index (χ0n) is 14.7. The second-order valence-electron chi connectivity index (χ2n) is 6.17. The number of thiophene rings is 1. The second-order valence-corrected chi connectivity index (χ2v) is 7.12. The van der Waals surface area contributed by atoms with Crippen LogP contribution in [0.5, 0.6) is 11.5 Å². The number of benzene rings is 1. The lowest BCUT2D eigenvalue weighted by molar-refractivity contribution is 0.0847. The largest absolute Gasteiger partial charge is 0.497 e. The van der Waals surface area contributed by atoms with Crippen molar-refractivity contribution in [3.05, 3.63) is 46.2 Å². The predicted octanol–water partition coefficient (Wildman–Crippen LogP) is 2.77. The summed E-state index contributed by atoms with van der Waals surface area (Å²) < 4.78 is 10.7. The maximum Gasteiger partial charge on any atom is 0.186 e. The highest BCUT2D eigenvalue weighted by Crippen LogP contribution is 2.23. The van der Waals surface area contributed by atoms with Crippen LogP contribution in [0.25, 0.3) is 0 Å². The van der Waals surface area contributed by atoms with Gasteiger partial charge < -0.3 is 9.47 Å². The predicted molar refractivity (Wildman–Crippen MR) is 99.9 cm³/mol. The van der Waals surface area contributed by atoms with Crippen molar-refractivity contribution in [1.29, 1.82) is 0 Å². The van der Waals surface area contributed by atoms with E-state index in [0.717, 1.165) is 49.1 Å². The topological polar surface area (TPSA) is 42.0 Å². The average molecular weight is 360 g/mol. The molecule has 0 spiro atoms. The van der Waals surface area contributed by atoms with Crippen molar-refractivity contribution < 1.29 is 14.3 Å². The number of ether oxygens (including phenoxy) is 2. The molecule has 0 amide bonds. The number of piperazine rings is 1. The van der Waals surface area contributed by atoms with Crippen LogP contribution in [0.4, 0.5) is 0 Å². The molecule has 0 bridgehead atoms. The maximum atomic E-state index is 12.2. The molecule has 3 rings (SSSR count). The van der Waals surface area contributed by atoms with E-state index in [1.807, 2.05) is 23.6 Å². The van der Waals surface area contributed by atoms with Gasteiger partial charge in [0, 0.05) is 38.8 Å². The van der Waals surface area contributed by atoms with Gasteiger partial charge >= 0.3 is 0 Å². The van der Waals surface area contributed by atoms with E-state index in [2.05, 4.69) is 21.9 Å². The van der Waals surface area contributed by atoms with Crippen molar-refractivity contribution in [1.82, 2.24) is 9.80 Å². The van der Waals surface area contributed by atoms with Gasteiger partial charge in [0.25, 0.3) is 0 Å². The monoisotopic (exact) mass is 360 g/mol. The van der Waals surface area contributed by atoms with Crippen LogP contribution in [-0.2, 0) is 6.54 Å². The number of carbonyl (C=O) groups excluding carboxylic acids is 1. The van der Waals surface area contributed by atoms with Crippen LogP contribution in [-0.4, -0.2) is 62.5 Å². The molecular formula is C19H24N2O3S. The third-order valence-electron chi connectivity index (χ3n) is 4.45. The van der Waals surface area contributed by atoms with Crippen molar-refractivity contribution in [2.75, 3.05) is 46.9 Å². The molecule has 1 aromatic carbocycles. The van der Waals surface area contributed by atoms with Gasteiger partial charge in [-0.05, 0) is 29.1 Å². The molecule has 0 N–H and O–H groups in total. The van der Waals surface area contributed by atoms with E-state index in [1.165, 1.54) is 16.9 Å². The van der Waals surface area contributed by atoms with Crippen molar-refractivity contribution in [3.8, 4) is 11.5 Å². The number of Topliss-reactive ketones (excluding diaryl/α,β-unsaturated/α-hetero) is 1. The lowest BCUT2D eigenvalue weighted by Gasteiger charge is -2.34. The molecule has 6 heteroatoms. The van der Waals surface area contributed by atoms with Gasteiger partial charge in [-0.15, -0.1) is 11.3 Å². The minimum atomic E-state index is 0.223. The number of hydrogen-bond donors (Lipinski definition) is 0. The summed E-state index contributed by atoms with van der Waals surface area (Å²) in [5.41, 5.74) is 1.18. The van der Waals surface area contributed by atoms with Crippen molar-refractivity contribution in [2.24, 2.45) is 0 Å². The van der Waals surface area contributed by atoms with E-state index in [-0.39, 0.29) is 5.78 Å². The molecule has 25 heavy (non-hydrogen) atoms. The van der Waals surface area contributed by atoms with Crippen molar-refractivity contribution in [3.63, 3.8) is 0 Å². The highest BCUT2D eigenvalue weighted by molar-refractivity contribution is 7.12. The normalized spacial score (nSPS) is 15.9. The fraction of sp³-hybridized carbons (Fsp3) is 0.421. The first kappa shape index (κ1) is 17.9. The van der Waals surface area contributed by atoms with E-state index in [4.69, 9.17) is 9.47 Å². The number of nitrogens with zero attached hydrogens (tertiary/aromatic N) is 2. The Balaban J connectivity index is 1.52. The van der Waals surface area contributed by atoms with Crippen molar-refractivity contribution in [2.45, 2.75) is 6.54 Å². The summed E-state index contributed by atoms with van der Waals surface area (Å²) in [5, 5.41) is 1.95. The quantitative estimate of drug-likeness (QED) is 0.710. The summed E-state index contributed by atoms with van der Waals surface area (Å²) >= 11 is 1.52. The lowest BCUT2D eigenvalue weighted by Crippen LogP contribution is -2.47. The first-order valence-electron chi connectivity index (χ1n) is 8.41. The van der Waals surface area contributed by atoms with E-state index in [1.54, 1.807) is 14.2 Å². The van der Waals surface area contributed by atoms with Gasteiger partial charge in [-0.2, -0.15) is 0 Å². The van der Waals surface area contributed by atoms with Gasteiger partial charge in [-0.25, -0.2) is 0 Å². The van der Waals surface area contributed by atoms with Crippen LogP contribution in [0.15, 0.2) is 35.7 Å². The smallest absolute Gasteiger partial charge is 0.186 e. The Morgan fingerprint density at radius 1 is 1.04 bits per heavy atom. The van der Waals surface area contributed by atoms with E-state index >= 15 is 0 Å². The summed E-state index contributed by atoms with van der Waals surface area (Å²) in [5.74, 6) is 1.85. The van der Waals surface area contributed by atoms with Gasteiger partial charge in [0.1, 0.15) is 11.5 Å². The zero-order chi connectivity index (χ0) is 17.6. The van der Waals surface area contributed by atoms with E-state index in [9.17, 15) is 4.79 Å². The maximum absolute atomic E-state index is 12.2. The Morgan fingerprint density at radius 3 is 2.24 bits per heavy atom. The van der Waals surface area contributed by atoms with Crippen LogP contribution >= 0.6 is 11.3 Å². The number of hydrogen-bond acceptors (Lipinski definition) is 6. The fourth-order valence-corrected chi connectivity index (χ4v) is 3.70. The van der Waals surface area contributed by atoms with Gasteiger partial charge in [0.15, 0.2) is 5.78 Å². The summed E-state index contributed by atoms with van der Waals surface area (Å²) in [4.78, 5) is 17.7. The Hall–Kier alpha value is -1.89. The third kappa shape index (κ3) is 4.81. The first-order chi connectivity index (χ1) is 12.2. The molecule has 5 nitrogen and oxygen atoms in total. The highest BCUT2D eigenvalue weighted by atomic mass is 32.1. The van der Waals surface area contributed by atoms with Crippen molar-refractivity contribution >= 4 is 17.1 Å². The number of rotatable bonds is 7. The molecule has 1 aliphatic rings. The fourth-order valence-electron chi connectivity index (χ4n) is 3.04. The summed E-state index contributed by atoms with van der Waals surface area (Å²) in [6.45, 7) is 5.12. The molecule has 1 saturated heterocycles. The number of ketones is 1. The molecule has 1 aliphatic heterocycles. The molecular weight excluding hydrogens is 336 g/mol. The van der Waals surface area contributed by atoms with Gasteiger partial charge in [0.2, 0.25) is 0 Å². The first-order valence-corrected chi connectivity index (χ1v) is 9.29. The van der Waals surface area contributed by atoms with Gasteiger partial charge in [-0.3, -0.25) is 14.6 Å². The molecule has 2 aromatic rings. The molecule has 0 radical (unpaired) electrons. The van der Waals surface area contributed by atoms with Gasteiger partial charge in [0.05, 0.1) is 25.6 Å². The lowest BCUT2D eigenvalue weighted by atomic mass is 10.1. The molecule has 1 fully saturated rings. The summed E-state index contributed by atoms with van der Waals surface area (Å²) in [6.07, 6.45) is 0. The minimum Gasteiger partial charge on any atom is -0.497 e. The van der Waals surface area contributed by atoms with E-state index < -0.39 is 0 Å². The molecule has 134 valence electrons. The standard InChI is InChI=1S/C19H24N2O3S/c1-23-16-10-15(11-17(12-16)24-2)13-20-5-7-21(8-6-20)14-18(22)19-4-3-9-25-19/h3-4,9-12H,5-8,13-14H2,1-2H3. The van der Waals surface area contributed by atoms with Crippen LogP contribution in [0.3, 0.4) is 0 Å². The Bertz CT molecular complexity index is 672. The Kier molecular flexibility index (Phi) is 6.07. The number of methoxy groups -OCH3 is 2. The summed E-state index contributed by atoms with van der Waals surface area (Å²) in [6, 6.07) is 9.82. The van der Waals surface area contributed by atoms with Gasteiger partial charge in [-0.1, -0.05) is 6.07 Å². The third-order valence-corrected chi connectivity index (χ3v) is 5.36. The second kappa shape index (κ2) is 8.47. The van der Waals surface area contributed by atoms with Crippen LogP contribution < -0.4 is 9.47 Å². The molecule has 0 unspecified atom stereocenters. The van der Waals surface area contributed by atoms with Crippen LogP contribution in [0, 0.1) is 0 Å². The molecule has 2 heterocycles. The Labute approximate surface area is 152 Å². The molecule has 0 atom stereocenters. The number of carbonyl (C=O) groups is 1. The molecule has 1 aromatic heterocycles.